The molecule has 0 rings (SSSR count). The molecule has 7 N–H and O–H groups in total. The van der Waals surface area contributed by atoms with Crippen molar-refractivity contribution in [3.8, 4) is 0 Å². The van der Waals surface area contributed by atoms with Crippen LogP contribution in [-0.2, 0) is 4.74 Å². The fraction of sp³-hybridized carbons (Fsp3) is 1.00. The van der Waals surface area contributed by atoms with Crippen LogP contribution in [0.15, 0.2) is 0 Å². The number of methoxy groups -OCH3 is 1. The largest absolute Gasteiger partial charge is 0.396 e. The molecular formula is C48H106F6O8. The van der Waals surface area contributed by atoms with Crippen LogP contribution in [0.5, 0.6) is 0 Å². The van der Waals surface area contributed by atoms with E-state index in [0.29, 0.717) is 36.9 Å². The molecule has 0 aliphatic heterocycles. The molecule has 0 spiro atoms. The molecule has 0 fully saturated rings. The molecule has 62 heavy (non-hydrogen) atoms. The molecule has 0 aliphatic rings. The molecule has 0 saturated carbocycles. The zero-order chi connectivity index (χ0) is 51.6. The molecule has 0 radical (unpaired) electrons. The van der Waals surface area contributed by atoms with Crippen LogP contribution >= 0.6 is 0 Å². The Balaban J connectivity index is -0.0000000901. The van der Waals surface area contributed by atoms with Crippen molar-refractivity contribution in [1.29, 1.82) is 0 Å². The van der Waals surface area contributed by atoms with E-state index in [2.05, 4.69) is 83.1 Å². The number of hydrogen-bond donors (Lipinski definition) is 7. The van der Waals surface area contributed by atoms with Gasteiger partial charge in [0.05, 0.1) is 42.9 Å². The van der Waals surface area contributed by atoms with E-state index < -0.39 is 54.8 Å². The number of rotatable bonds is 18. The highest BCUT2D eigenvalue weighted by Gasteiger charge is 2.41. The minimum Gasteiger partial charge on any atom is -0.396 e. The second kappa shape index (κ2) is 48.2. The van der Waals surface area contributed by atoms with Gasteiger partial charge in [-0.3, -0.25) is 0 Å². The Morgan fingerprint density at radius 1 is 0.452 bits per heavy atom. The van der Waals surface area contributed by atoms with E-state index in [1.807, 2.05) is 27.7 Å². The highest BCUT2D eigenvalue weighted by atomic mass is 19.4. The van der Waals surface area contributed by atoms with Crippen molar-refractivity contribution in [1.82, 2.24) is 0 Å². The smallest absolute Gasteiger partial charge is 0.394 e. The second-order valence-corrected chi connectivity index (χ2v) is 19.9. The standard InChI is InChI=1S/C7H16O.2C6H11F3O.4C6H14O.C5H12O/c1-6(2)5-7(3,4)8;2*1-4(2)5(3-10)6(7,8)9;1-6(2)4-5-7-3;2*1-5(2)4-6(3)7;1-6(2)4-3-5-7;1-5(2)3-4-6/h6,8H,5H2,1-4H3;2*4-5,10H,3H2,1-2H3;6H,4-5H2,1-3H3;2*5-7H,4H2,1-3H3;6-7H,3-5H2,1-2H3;5-6H,3-4H2,1-2H3/t;2*5-;;2*6-;;/m.10.10../s1. The van der Waals surface area contributed by atoms with Crippen molar-refractivity contribution in [3.05, 3.63) is 0 Å². The molecule has 0 saturated heterocycles. The van der Waals surface area contributed by atoms with Gasteiger partial charge in [0.15, 0.2) is 0 Å². The number of aliphatic hydroxyl groups excluding tert-OH is 6. The number of ether oxygens (including phenoxy) is 1. The zero-order valence-corrected chi connectivity index (χ0v) is 43.7. The Bertz CT molecular complexity index is 762. The molecule has 4 atom stereocenters. The third kappa shape index (κ3) is 90.1. The van der Waals surface area contributed by atoms with Gasteiger partial charge in [0.25, 0.3) is 0 Å². The lowest BCUT2D eigenvalue weighted by Crippen LogP contribution is -2.30. The van der Waals surface area contributed by atoms with Crippen LogP contribution in [0.1, 0.15) is 183 Å². The van der Waals surface area contributed by atoms with Crippen molar-refractivity contribution in [2.45, 2.75) is 214 Å². The summed E-state index contributed by atoms with van der Waals surface area (Å²) in [4.78, 5) is 0. The van der Waals surface area contributed by atoms with Gasteiger partial charge in [-0.1, -0.05) is 111 Å². The minimum atomic E-state index is -4.26. The molecule has 0 aromatic rings. The van der Waals surface area contributed by atoms with Gasteiger partial charge in [0, 0.05) is 26.9 Å². The van der Waals surface area contributed by atoms with Gasteiger partial charge in [-0.15, -0.1) is 0 Å². The van der Waals surface area contributed by atoms with Crippen molar-refractivity contribution in [2.24, 2.45) is 59.2 Å². The number of halogens is 6. The van der Waals surface area contributed by atoms with Crippen LogP contribution in [0, 0.1) is 59.2 Å². The third-order valence-corrected chi connectivity index (χ3v) is 7.92. The lowest BCUT2D eigenvalue weighted by Gasteiger charge is -2.20. The molecule has 14 heteroatoms. The number of alkyl halides is 6. The van der Waals surface area contributed by atoms with Crippen LogP contribution < -0.4 is 0 Å². The topological polar surface area (TPSA) is 151 Å². The summed E-state index contributed by atoms with van der Waals surface area (Å²) in [6.07, 6.45) is -1.84. The molecule has 0 bridgehead atoms. The van der Waals surface area contributed by atoms with Gasteiger partial charge in [0.2, 0.25) is 0 Å². The molecule has 0 heterocycles. The highest BCUT2D eigenvalue weighted by Crippen LogP contribution is 2.32. The van der Waals surface area contributed by atoms with Gasteiger partial charge >= 0.3 is 12.4 Å². The summed E-state index contributed by atoms with van der Waals surface area (Å²) >= 11 is 0. The average molecular weight is 925 g/mol. The summed E-state index contributed by atoms with van der Waals surface area (Å²) in [6.45, 7) is 38.5. The maximum atomic E-state index is 11.8. The van der Waals surface area contributed by atoms with E-state index in [1.165, 1.54) is 34.1 Å². The Morgan fingerprint density at radius 2 is 0.758 bits per heavy atom. The first-order chi connectivity index (χ1) is 27.8. The van der Waals surface area contributed by atoms with Crippen LogP contribution in [0.25, 0.3) is 0 Å². The van der Waals surface area contributed by atoms with Crippen LogP contribution in [0.3, 0.4) is 0 Å². The monoisotopic (exact) mass is 925 g/mol. The van der Waals surface area contributed by atoms with Crippen molar-refractivity contribution in [3.63, 3.8) is 0 Å². The Hall–Kier alpha value is -0.740. The lowest BCUT2D eigenvalue weighted by atomic mass is 9.96. The molecule has 0 amide bonds. The maximum absolute atomic E-state index is 11.8. The predicted octanol–water partition coefficient (Wildman–Crippen LogP) is 12.4. The summed E-state index contributed by atoms with van der Waals surface area (Å²) in [6, 6.07) is 0. The summed E-state index contributed by atoms with van der Waals surface area (Å²) in [5.41, 5.74) is -0.478. The SMILES string of the molecule is CC(C)CC(C)(C)O.CC(C)CCCO.CC(C)CCO.CC(C)C[C@@H](C)O.CC(C)C[C@H](C)O.CC(C)[C@@H](CO)C(F)(F)F.CC(C)[C@H](CO)C(F)(F)F.COCCC(C)C. The Morgan fingerprint density at radius 3 is 0.790 bits per heavy atom. The quantitative estimate of drug-likeness (QED) is 0.0672. The Kier molecular flexibility index (Phi) is 61.0. The molecule has 0 aromatic heterocycles. The highest BCUT2D eigenvalue weighted by molar-refractivity contribution is 4.70. The molecular weight excluding hydrogens is 819 g/mol. The van der Waals surface area contributed by atoms with E-state index in [0.717, 1.165) is 57.0 Å². The van der Waals surface area contributed by atoms with E-state index in [1.54, 1.807) is 7.11 Å². The fourth-order valence-electron chi connectivity index (χ4n) is 4.86. The van der Waals surface area contributed by atoms with E-state index in [-0.39, 0.29) is 12.2 Å². The van der Waals surface area contributed by atoms with Gasteiger partial charge in [-0.05, 0) is 120 Å². The summed E-state index contributed by atoms with van der Waals surface area (Å²) in [5, 5.41) is 59.8. The minimum absolute atomic E-state index is 0.125. The molecule has 0 aromatic carbocycles. The zero-order valence-electron chi connectivity index (χ0n) is 43.7. The van der Waals surface area contributed by atoms with Gasteiger partial charge < -0.3 is 40.5 Å². The number of aliphatic hydroxyl groups is 7. The fourth-order valence-corrected chi connectivity index (χ4v) is 4.86. The third-order valence-electron chi connectivity index (χ3n) is 7.92. The lowest BCUT2D eigenvalue weighted by molar-refractivity contribution is -0.196. The van der Waals surface area contributed by atoms with Gasteiger partial charge in [0.1, 0.15) is 0 Å². The van der Waals surface area contributed by atoms with Crippen LogP contribution in [-0.4, -0.2) is 106 Å². The second-order valence-electron chi connectivity index (χ2n) is 19.9. The maximum Gasteiger partial charge on any atom is 0.394 e. The van der Waals surface area contributed by atoms with Gasteiger partial charge in [-0.2, -0.15) is 26.3 Å². The average Bonchev–Trinajstić information content (AvgIpc) is 3.01. The van der Waals surface area contributed by atoms with Crippen LogP contribution in [0.2, 0.25) is 0 Å². The summed E-state index contributed by atoms with van der Waals surface area (Å²) in [7, 11) is 1.74. The van der Waals surface area contributed by atoms with E-state index >= 15 is 0 Å². The first kappa shape index (κ1) is 78.4. The number of hydrogen-bond acceptors (Lipinski definition) is 8. The molecule has 388 valence electrons. The normalized spacial score (nSPS) is 13.5. The molecule has 8 nitrogen and oxygen atoms in total. The first-order valence-corrected chi connectivity index (χ1v) is 22.9. The van der Waals surface area contributed by atoms with Crippen molar-refractivity contribution >= 4 is 0 Å². The first-order valence-electron chi connectivity index (χ1n) is 22.9. The van der Waals surface area contributed by atoms with Crippen molar-refractivity contribution < 1.29 is 66.8 Å². The van der Waals surface area contributed by atoms with Crippen LogP contribution in [0.4, 0.5) is 26.3 Å². The van der Waals surface area contributed by atoms with Gasteiger partial charge in [-0.25, -0.2) is 0 Å². The predicted molar refractivity (Wildman–Crippen MR) is 250 cm³/mol. The van der Waals surface area contributed by atoms with E-state index in [9.17, 15) is 31.4 Å². The Labute approximate surface area is 379 Å². The van der Waals surface area contributed by atoms with Crippen molar-refractivity contribution in [2.75, 3.05) is 40.1 Å². The van der Waals surface area contributed by atoms with E-state index in [4.69, 9.17) is 35.4 Å². The molecule has 0 unspecified atom stereocenters. The molecule has 0 aliphatic carbocycles. The summed E-state index contributed by atoms with van der Waals surface area (Å²) < 4.78 is 75.7. The summed E-state index contributed by atoms with van der Waals surface area (Å²) in [5.74, 6) is -0.243.